The van der Waals surface area contributed by atoms with Crippen LogP contribution in [0.3, 0.4) is 0 Å². The van der Waals surface area contributed by atoms with E-state index in [-0.39, 0.29) is 11.4 Å². The van der Waals surface area contributed by atoms with Gasteiger partial charge in [-0.25, -0.2) is 0 Å². The molecule has 0 aliphatic carbocycles. The van der Waals surface area contributed by atoms with E-state index in [1.165, 1.54) is 4.88 Å². The van der Waals surface area contributed by atoms with Gasteiger partial charge in [0.2, 0.25) is 5.82 Å². The minimum absolute atomic E-state index is 0.102. The van der Waals surface area contributed by atoms with Crippen molar-refractivity contribution in [3.8, 4) is 27.9 Å². The zero-order valence-corrected chi connectivity index (χ0v) is 15.9. The van der Waals surface area contributed by atoms with Crippen LogP contribution in [0.4, 0.5) is 0 Å². The Balaban J connectivity index is 1.67. The van der Waals surface area contributed by atoms with E-state index in [1.54, 1.807) is 17.4 Å². The maximum Gasteiger partial charge on any atom is 0.258 e. The third-order valence-electron chi connectivity index (χ3n) is 5.01. The van der Waals surface area contributed by atoms with Crippen LogP contribution in [-0.2, 0) is 0 Å². The Morgan fingerprint density at radius 2 is 2.00 bits per heavy atom. The molecule has 2 aromatic heterocycles. The number of rotatable bonds is 4. The molecule has 0 amide bonds. The predicted molar refractivity (Wildman–Crippen MR) is 101 cm³/mol. The topological polar surface area (TPSA) is 65.2 Å². The fraction of sp³-hybridized carbons (Fsp3) is 0.350. The molecule has 0 radical (unpaired) electrons. The molecule has 0 saturated carbocycles. The maximum absolute atomic E-state index is 12.7. The molecule has 0 bridgehead atoms. The second kappa shape index (κ2) is 6.36. The third kappa shape index (κ3) is 2.84. The van der Waals surface area contributed by atoms with E-state index in [1.807, 2.05) is 31.2 Å². The molecule has 1 aliphatic rings. The number of ketones is 1. The number of aryl methyl sites for hydroxylation is 1. The second-order valence-corrected chi connectivity index (χ2v) is 7.92. The highest BCUT2D eigenvalue weighted by atomic mass is 32.1. The SMILES string of the molecule is CCC1(CC)CC(=O)c2cc(-c3nc(-c4ccc(C)s4)no3)ccc2O1. The molecule has 0 N–H and O–H groups in total. The van der Waals surface area contributed by atoms with Crippen molar-refractivity contribution in [2.45, 2.75) is 45.6 Å². The number of nitrogens with zero attached hydrogens (tertiary/aromatic N) is 2. The summed E-state index contributed by atoms with van der Waals surface area (Å²) in [4.78, 5) is 19.3. The average molecular weight is 368 g/mol. The molecule has 3 aromatic rings. The highest BCUT2D eigenvalue weighted by Crippen LogP contribution is 2.39. The molecule has 5 nitrogen and oxygen atoms in total. The van der Waals surface area contributed by atoms with Gasteiger partial charge >= 0.3 is 0 Å². The van der Waals surface area contributed by atoms with Gasteiger partial charge in [-0.15, -0.1) is 11.3 Å². The number of carbonyl (C=O) groups excluding carboxylic acids is 1. The monoisotopic (exact) mass is 368 g/mol. The van der Waals surface area contributed by atoms with Gasteiger partial charge in [0.15, 0.2) is 5.78 Å². The van der Waals surface area contributed by atoms with E-state index in [0.29, 0.717) is 29.4 Å². The van der Waals surface area contributed by atoms with Gasteiger partial charge in [0.05, 0.1) is 16.9 Å². The second-order valence-electron chi connectivity index (χ2n) is 6.64. The van der Waals surface area contributed by atoms with Crippen LogP contribution in [0.2, 0.25) is 0 Å². The average Bonchev–Trinajstić information content (AvgIpc) is 3.30. The molecular weight excluding hydrogens is 348 g/mol. The molecule has 0 unspecified atom stereocenters. The smallest absolute Gasteiger partial charge is 0.258 e. The number of carbonyl (C=O) groups is 1. The minimum Gasteiger partial charge on any atom is -0.486 e. The van der Waals surface area contributed by atoms with E-state index in [4.69, 9.17) is 9.26 Å². The number of fused-ring (bicyclic) bond motifs is 1. The summed E-state index contributed by atoms with van der Waals surface area (Å²) >= 11 is 1.62. The Morgan fingerprint density at radius 3 is 2.69 bits per heavy atom. The van der Waals surface area contributed by atoms with Gasteiger partial charge in [0.25, 0.3) is 5.89 Å². The van der Waals surface area contributed by atoms with Crippen LogP contribution < -0.4 is 4.74 Å². The Kier molecular flexibility index (Phi) is 4.15. The molecule has 0 atom stereocenters. The van der Waals surface area contributed by atoms with Gasteiger partial charge in [-0.1, -0.05) is 19.0 Å². The van der Waals surface area contributed by atoms with Crippen LogP contribution >= 0.6 is 11.3 Å². The lowest BCUT2D eigenvalue weighted by Crippen LogP contribution is -2.40. The molecule has 1 aliphatic heterocycles. The highest BCUT2D eigenvalue weighted by Gasteiger charge is 2.37. The van der Waals surface area contributed by atoms with Gasteiger partial charge in [0, 0.05) is 10.4 Å². The first-order valence-electron chi connectivity index (χ1n) is 8.81. The van der Waals surface area contributed by atoms with Crippen molar-refractivity contribution in [1.29, 1.82) is 0 Å². The Bertz CT molecular complexity index is 969. The van der Waals surface area contributed by atoms with E-state index in [2.05, 4.69) is 24.0 Å². The number of hydrogen-bond donors (Lipinski definition) is 0. The van der Waals surface area contributed by atoms with Gasteiger partial charge in [-0.05, 0) is 50.1 Å². The standard InChI is InChI=1S/C20H20N2O3S/c1-4-20(5-2)11-15(23)14-10-13(7-8-16(14)24-20)19-21-18(22-25-19)17-9-6-12(3)26-17/h6-10H,4-5,11H2,1-3H3. The van der Waals surface area contributed by atoms with Crippen molar-refractivity contribution in [2.24, 2.45) is 0 Å². The van der Waals surface area contributed by atoms with Crippen LogP contribution in [0.15, 0.2) is 34.9 Å². The van der Waals surface area contributed by atoms with E-state index in [9.17, 15) is 4.79 Å². The van der Waals surface area contributed by atoms with Crippen LogP contribution in [0.25, 0.3) is 22.2 Å². The zero-order chi connectivity index (χ0) is 18.3. The van der Waals surface area contributed by atoms with Crippen molar-refractivity contribution in [2.75, 3.05) is 0 Å². The molecular formula is C20H20N2O3S. The van der Waals surface area contributed by atoms with Crippen molar-refractivity contribution < 1.29 is 14.1 Å². The Morgan fingerprint density at radius 1 is 1.19 bits per heavy atom. The lowest BCUT2D eigenvalue weighted by Gasteiger charge is -2.36. The van der Waals surface area contributed by atoms with Gasteiger partial charge in [0.1, 0.15) is 11.4 Å². The summed E-state index contributed by atoms with van der Waals surface area (Å²) in [6.45, 7) is 6.15. The lowest BCUT2D eigenvalue weighted by atomic mass is 9.85. The molecule has 4 rings (SSSR count). The summed E-state index contributed by atoms with van der Waals surface area (Å²) in [5.41, 5.74) is 0.931. The molecule has 26 heavy (non-hydrogen) atoms. The van der Waals surface area contributed by atoms with Crippen LogP contribution in [0.5, 0.6) is 5.75 Å². The zero-order valence-electron chi connectivity index (χ0n) is 15.0. The molecule has 6 heteroatoms. The molecule has 3 heterocycles. The third-order valence-corrected chi connectivity index (χ3v) is 6.01. The Labute approximate surface area is 156 Å². The summed E-state index contributed by atoms with van der Waals surface area (Å²) in [5.74, 6) is 1.71. The first kappa shape index (κ1) is 17.0. The Hall–Kier alpha value is -2.47. The molecule has 1 aromatic carbocycles. The minimum atomic E-state index is -0.389. The van der Waals surface area contributed by atoms with E-state index < -0.39 is 0 Å². The maximum atomic E-state index is 12.7. The number of benzene rings is 1. The summed E-state index contributed by atoms with van der Waals surface area (Å²) in [6, 6.07) is 9.50. The van der Waals surface area contributed by atoms with E-state index in [0.717, 1.165) is 23.3 Å². The van der Waals surface area contributed by atoms with Crippen molar-refractivity contribution in [3.05, 3.63) is 40.8 Å². The number of ether oxygens (including phenoxy) is 1. The van der Waals surface area contributed by atoms with Crippen molar-refractivity contribution in [3.63, 3.8) is 0 Å². The number of aromatic nitrogens is 2. The number of hydrogen-bond acceptors (Lipinski definition) is 6. The fourth-order valence-corrected chi connectivity index (χ4v) is 4.06. The van der Waals surface area contributed by atoms with Crippen molar-refractivity contribution >= 4 is 17.1 Å². The van der Waals surface area contributed by atoms with E-state index >= 15 is 0 Å². The summed E-state index contributed by atoms with van der Waals surface area (Å²) in [6.07, 6.45) is 2.02. The normalized spacial score (nSPS) is 15.6. The van der Waals surface area contributed by atoms with Crippen LogP contribution in [-0.4, -0.2) is 21.5 Å². The van der Waals surface area contributed by atoms with Crippen LogP contribution in [0.1, 0.15) is 48.3 Å². The molecule has 0 fully saturated rings. The lowest BCUT2D eigenvalue weighted by molar-refractivity contribution is 0.0350. The largest absolute Gasteiger partial charge is 0.486 e. The fourth-order valence-electron chi connectivity index (χ4n) is 3.27. The summed E-state index contributed by atoms with van der Waals surface area (Å²) in [7, 11) is 0. The highest BCUT2D eigenvalue weighted by molar-refractivity contribution is 7.15. The molecule has 134 valence electrons. The van der Waals surface area contributed by atoms with Gasteiger partial charge in [-0.3, -0.25) is 4.79 Å². The number of thiophene rings is 1. The summed E-state index contributed by atoms with van der Waals surface area (Å²) < 4.78 is 11.6. The van der Waals surface area contributed by atoms with Gasteiger partial charge in [-0.2, -0.15) is 4.98 Å². The number of Topliss-reactive ketones (excluding diaryl/α,β-unsaturated/α-hetero) is 1. The summed E-state index contributed by atoms with van der Waals surface area (Å²) in [5, 5.41) is 4.06. The first-order valence-corrected chi connectivity index (χ1v) is 9.62. The van der Waals surface area contributed by atoms with Gasteiger partial charge < -0.3 is 9.26 Å². The molecule has 0 spiro atoms. The quantitative estimate of drug-likeness (QED) is 0.625. The molecule has 0 saturated heterocycles. The van der Waals surface area contributed by atoms with Crippen molar-refractivity contribution in [1.82, 2.24) is 10.1 Å². The van der Waals surface area contributed by atoms with Crippen LogP contribution in [0, 0.1) is 6.92 Å². The first-order chi connectivity index (χ1) is 12.5. The predicted octanol–water partition coefficient (Wildman–Crippen LogP) is 5.30.